The molecule has 55 heavy (non-hydrogen) atoms. The molecule has 2 aliphatic rings. The van der Waals surface area contributed by atoms with Crippen molar-refractivity contribution in [3.05, 3.63) is 171 Å². The van der Waals surface area contributed by atoms with Gasteiger partial charge in [-0.3, -0.25) is 0 Å². The molecule has 8 rings (SSSR count). The van der Waals surface area contributed by atoms with E-state index >= 15 is 0 Å². The van der Waals surface area contributed by atoms with Crippen LogP contribution in [-0.4, -0.2) is 31.7 Å². The number of carbonyl (C=O) groups excluding carboxylic acids is 1. The number of rotatable bonds is 10. The van der Waals surface area contributed by atoms with Gasteiger partial charge >= 0.3 is 5.97 Å². The van der Waals surface area contributed by atoms with E-state index in [1.165, 1.54) is 0 Å². The molecule has 278 valence electrons. The normalized spacial score (nSPS) is 15.3. The highest BCUT2D eigenvalue weighted by atomic mass is 16.6. The number of hydrogen-bond donors (Lipinski definition) is 3. The van der Waals surface area contributed by atoms with Crippen LogP contribution in [-0.2, 0) is 36.0 Å². The molecule has 1 atom stereocenters. The number of benzene rings is 6. The number of nitrogens with one attached hydrogen (secondary N) is 2. The van der Waals surface area contributed by atoms with Gasteiger partial charge in [-0.2, -0.15) is 0 Å². The summed E-state index contributed by atoms with van der Waals surface area (Å²) >= 11 is 0. The number of carbonyl (C=O) groups is 1. The number of aromatic hydroxyl groups is 1. The number of esters is 1. The number of fused-ring (bicyclic) bond motifs is 5. The topological polar surface area (TPSA) is 83.1 Å². The Morgan fingerprint density at radius 3 is 2.31 bits per heavy atom. The lowest BCUT2D eigenvalue weighted by Crippen LogP contribution is -2.42. The molecule has 0 amide bonds. The van der Waals surface area contributed by atoms with Crippen LogP contribution in [0, 0.1) is 13.8 Å². The molecule has 2 heterocycles. The maximum Gasteiger partial charge on any atom is 0.339 e. The van der Waals surface area contributed by atoms with Gasteiger partial charge in [0.15, 0.2) is 5.60 Å². The number of phenolic OH excluding ortho intramolecular Hbond substituents is 1. The minimum absolute atomic E-state index is 0.269. The number of para-hydroxylation sites is 2. The first-order valence-electron chi connectivity index (χ1n) is 19.1. The van der Waals surface area contributed by atoms with Gasteiger partial charge in [0.2, 0.25) is 0 Å². The molecule has 0 saturated heterocycles. The van der Waals surface area contributed by atoms with E-state index in [4.69, 9.17) is 9.47 Å². The number of phenols is 1. The molecule has 2 aliphatic heterocycles. The Bertz CT molecular complexity index is 2420. The van der Waals surface area contributed by atoms with Crippen LogP contribution in [0.25, 0.3) is 0 Å². The van der Waals surface area contributed by atoms with Crippen LogP contribution in [0.3, 0.4) is 0 Å². The zero-order chi connectivity index (χ0) is 38.3. The summed E-state index contributed by atoms with van der Waals surface area (Å²) in [6.07, 6.45) is 2.69. The molecular formula is C48H47N3O4. The highest BCUT2D eigenvalue weighted by Crippen LogP contribution is 2.54. The molecule has 7 nitrogen and oxygen atoms in total. The SMILES string of the molecule is CCc1cc(O)cc(Cc2cccc(C)c2NCCc2cc3c(cc2C)Oc2cc(N(C)C)ccc2C32Cc3ccccc3C(=O)O2)c1Nc1ccccc1. The van der Waals surface area contributed by atoms with Crippen LogP contribution in [0.1, 0.15) is 67.4 Å². The third-order valence-corrected chi connectivity index (χ3v) is 11.1. The molecule has 0 aromatic heterocycles. The van der Waals surface area contributed by atoms with Crippen molar-refractivity contribution in [2.75, 3.05) is 36.2 Å². The Labute approximate surface area is 323 Å². The summed E-state index contributed by atoms with van der Waals surface area (Å²) in [5, 5.41) is 18.2. The standard InChI is InChI=1S/C48H47N3O4/c1-6-32-25-39(52)26-36(46(32)50-37-16-8-7-9-17-37)24-34-15-12-13-30(2)45(34)49-22-21-33-27-42-43(23-31(33)3)54-44-28-38(51(4)5)19-20-41(44)48(42)29-35-14-10-11-18-40(35)47(53)55-48/h7-20,23,25-28,49-50,52H,6,21-22,24,29H2,1-5H3. The summed E-state index contributed by atoms with van der Waals surface area (Å²) < 4.78 is 13.2. The van der Waals surface area contributed by atoms with Crippen molar-refractivity contribution in [3.63, 3.8) is 0 Å². The summed E-state index contributed by atoms with van der Waals surface area (Å²) in [6, 6.07) is 38.5. The zero-order valence-electron chi connectivity index (χ0n) is 32.1. The summed E-state index contributed by atoms with van der Waals surface area (Å²) in [5.41, 5.74) is 13.1. The number of nitrogens with zero attached hydrogens (tertiary/aromatic N) is 1. The molecule has 6 aromatic rings. The van der Waals surface area contributed by atoms with Gasteiger partial charge in [-0.05, 0) is 120 Å². The van der Waals surface area contributed by atoms with E-state index in [9.17, 15) is 9.90 Å². The van der Waals surface area contributed by atoms with E-state index in [1.54, 1.807) is 0 Å². The van der Waals surface area contributed by atoms with Gasteiger partial charge in [0.1, 0.15) is 17.2 Å². The second-order valence-electron chi connectivity index (χ2n) is 14.9. The first-order valence-corrected chi connectivity index (χ1v) is 19.1. The van der Waals surface area contributed by atoms with Crippen molar-refractivity contribution in [2.45, 2.75) is 52.1 Å². The lowest BCUT2D eigenvalue weighted by molar-refractivity contribution is -0.0112. The fraction of sp³-hybridized carbons (Fsp3) is 0.229. The van der Waals surface area contributed by atoms with Crippen molar-refractivity contribution in [2.24, 2.45) is 0 Å². The minimum Gasteiger partial charge on any atom is -0.508 e. The Hall–Kier alpha value is -6.21. The van der Waals surface area contributed by atoms with Gasteiger partial charge in [0.25, 0.3) is 0 Å². The van der Waals surface area contributed by atoms with Gasteiger partial charge in [-0.1, -0.05) is 61.5 Å². The van der Waals surface area contributed by atoms with Gasteiger partial charge < -0.3 is 30.1 Å². The Morgan fingerprint density at radius 1 is 0.745 bits per heavy atom. The molecule has 0 radical (unpaired) electrons. The molecule has 0 aliphatic carbocycles. The molecule has 6 aromatic carbocycles. The van der Waals surface area contributed by atoms with Crippen molar-refractivity contribution < 1.29 is 19.4 Å². The van der Waals surface area contributed by atoms with E-state index in [1.807, 2.05) is 85.7 Å². The quantitative estimate of drug-likeness (QED) is 0.0956. The van der Waals surface area contributed by atoms with Gasteiger partial charge in [-0.15, -0.1) is 0 Å². The molecule has 0 bridgehead atoms. The Balaban J connectivity index is 1.10. The average Bonchev–Trinajstić information content (AvgIpc) is 3.17. The van der Waals surface area contributed by atoms with E-state index in [-0.39, 0.29) is 11.7 Å². The smallest absolute Gasteiger partial charge is 0.339 e. The number of aryl methyl sites for hydroxylation is 3. The fourth-order valence-corrected chi connectivity index (χ4v) is 8.21. The monoisotopic (exact) mass is 729 g/mol. The van der Waals surface area contributed by atoms with E-state index in [0.29, 0.717) is 36.4 Å². The maximum atomic E-state index is 13.7. The first-order chi connectivity index (χ1) is 26.6. The summed E-state index contributed by atoms with van der Waals surface area (Å²) in [6.45, 7) is 7.05. The second-order valence-corrected chi connectivity index (χ2v) is 14.9. The van der Waals surface area contributed by atoms with Crippen LogP contribution in [0.15, 0.2) is 115 Å². The predicted molar refractivity (Wildman–Crippen MR) is 222 cm³/mol. The minimum atomic E-state index is -1.03. The van der Waals surface area contributed by atoms with E-state index in [2.05, 4.69) is 79.9 Å². The molecule has 7 heteroatoms. The van der Waals surface area contributed by atoms with Gasteiger partial charge in [0.05, 0.1) is 5.56 Å². The maximum absolute atomic E-state index is 13.7. The lowest BCUT2D eigenvalue weighted by Gasteiger charge is -2.43. The summed E-state index contributed by atoms with van der Waals surface area (Å²) in [5.74, 6) is 1.36. The lowest BCUT2D eigenvalue weighted by atomic mass is 9.75. The second kappa shape index (κ2) is 14.6. The highest BCUT2D eigenvalue weighted by Gasteiger charge is 2.49. The van der Waals surface area contributed by atoms with Crippen molar-refractivity contribution in [1.82, 2.24) is 0 Å². The number of hydrogen-bond acceptors (Lipinski definition) is 7. The highest BCUT2D eigenvalue weighted by molar-refractivity contribution is 5.93. The van der Waals surface area contributed by atoms with Gasteiger partial charge in [0, 0.05) is 73.4 Å². The molecule has 0 fully saturated rings. The average molecular weight is 730 g/mol. The molecule has 3 N–H and O–H groups in total. The van der Waals surface area contributed by atoms with Crippen LogP contribution in [0.2, 0.25) is 0 Å². The van der Waals surface area contributed by atoms with Crippen molar-refractivity contribution in [3.8, 4) is 17.2 Å². The molecular weight excluding hydrogens is 683 g/mol. The molecule has 1 spiro atoms. The van der Waals surface area contributed by atoms with Crippen LogP contribution < -0.4 is 20.3 Å². The van der Waals surface area contributed by atoms with Crippen molar-refractivity contribution in [1.29, 1.82) is 0 Å². The van der Waals surface area contributed by atoms with Gasteiger partial charge in [-0.25, -0.2) is 4.79 Å². The first kappa shape index (κ1) is 35.8. The third-order valence-electron chi connectivity index (χ3n) is 11.1. The fourth-order valence-electron chi connectivity index (χ4n) is 8.21. The Morgan fingerprint density at radius 2 is 1.51 bits per heavy atom. The predicted octanol–water partition coefficient (Wildman–Crippen LogP) is 10.4. The van der Waals surface area contributed by atoms with Crippen LogP contribution in [0.4, 0.5) is 22.7 Å². The Kier molecular flexibility index (Phi) is 9.47. The van der Waals surface area contributed by atoms with Crippen LogP contribution in [0.5, 0.6) is 17.2 Å². The number of ether oxygens (including phenoxy) is 2. The van der Waals surface area contributed by atoms with E-state index < -0.39 is 5.60 Å². The number of anilines is 4. The van der Waals surface area contributed by atoms with E-state index in [0.717, 1.165) is 85.7 Å². The zero-order valence-corrected chi connectivity index (χ0v) is 32.1. The summed E-state index contributed by atoms with van der Waals surface area (Å²) in [4.78, 5) is 15.7. The molecule has 0 saturated carbocycles. The molecule has 1 unspecified atom stereocenters. The third kappa shape index (κ3) is 6.76. The van der Waals surface area contributed by atoms with Crippen LogP contribution >= 0.6 is 0 Å². The largest absolute Gasteiger partial charge is 0.508 e. The summed E-state index contributed by atoms with van der Waals surface area (Å²) in [7, 11) is 4.01. The van der Waals surface area contributed by atoms with Crippen molar-refractivity contribution >= 4 is 28.7 Å².